The third kappa shape index (κ3) is 3.35. The Balaban J connectivity index is 1.37. The van der Waals surface area contributed by atoms with Gasteiger partial charge in [0.15, 0.2) is 6.61 Å². The topological polar surface area (TPSA) is 55.4 Å². The van der Waals surface area contributed by atoms with Crippen LogP contribution in [0.25, 0.3) is 0 Å². The predicted octanol–water partition coefficient (Wildman–Crippen LogP) is 4.21. The first-order valence-electron chi connectivity index (χ1n) is 9.09. The maximum absolute atomic E-state index is 12.8. The monoisotopic (exact) mass is 405 g/mol. The van der Waals surface area contributed by atoms with Crippen molar-refractivity contribution in [3.8, 4) is 0 Å². The number of ether oxygens (including phenoxy) is 1. The van der Waals surface area contributed by atoms with E-state index in [1.807, 2.05) is 31.2 Å². The molecule has 0 aromatic heterocycles. The van der Waals surface area contributed by atoms with Crippen LogP contribution in [-0.2, 0) is 14.3 Å². The quantitative estimate of drug-likeness (QED) is 0.602. The highest BCUT2D eigenvalue weighted by Gasteiger charge is 2.60. The number of carbonyl (C=O) groups is 2. The summed E-state index contributed by atoms with van der Waals surface area (Å²) in [6.07, 6.45) is 6.30. The normalized spacial score (nSPS) is 35.4. The molecule has 0 spiro atoms. The lowest BCUT2D eigenvalue weighted by atomic mass is 9.49. The fraction of sp³-hybridized carbons (Fsp3) is 0.600. The van der Waals surface area contributed by atoms with Crippen molar-refractivity contribution in [2.75, 3.05) is 11.9 Å². The van der Waals surface area contributed by atoms with Gasteiger partial charge in [-0.25, -0.2) is 0 Å². The zero-order valence-electron chi connectivity index (χ0n) is 14.5. The minimum absolute atomic E-state index is 0.111. The number of rotatable bonds is 4. The van der Waals surface area contributed by atoms with E-state index >= 15 is 0 Å². The Kier molecular flexibility index (Phi) is 4.18. The minimum atomic E-state index is -0.378. The standard InChI is InChI=1S/C20H24BrNO3/c1-13-3-2-4-16(5-13)22-17(23)11-25-18(24)19-7-14-6-15(8-19)10-20(21,9-14)12-19/h2-5,14-15H,6-12H2,1H3,(H,22,23)/t14-,15+,19?,20?. The molecule has 25 heavy (non-hydrogen) atoms. The van der Waals surface area contributed by atoms with Gasteiger partial charge in [0.05, 0.1) is 5.41 Å². The van der Waals surface area contributed by atoms with Crippen LogP contribution in [0.5, 0.6) is 0 Å². The Morgan fingerprint density at radius 1 is 1.24 bits per heavy atom. The number of carbonyl (C=O) groups excluding carboxylic acids is 2. The molecule has 0 aliphatic heterocycles. The Morgan fingerprint density at radius 2 is 1.96 bits per heavy atom. The maximum atomic E-state index is 12.8. The summed E-state index contributed by atoms with van der Waals surface area (Å²) >= 11 is 3.90. The summed E-state index contributed by atoms with van der Waals surface area (Å²) < 4.78 is 5.58. The van der Waals surface area contributed by atoms with Crippen molar-refractivity contribution in [1.82, 2.24) is 0 Å². The molecule has 4 bridgehead atoms. The molecule has 4 aliphatic rings. The Bertz CT molecular complexity index is 703. The average molecular weight is 406 g/mol. The van der Waals surface area contributed by atoms with Crippen LogP contribution >= 0.6 is 15.9 Å². The molecule has 1 aromatic rings. The molecule has 1 aromatic carbocycles. The minimum Gasteiger partial charge on any atom is -0.455 e. The fourth-order valence-corrected chi connectivity index (χ4v) is 7.05. The summed E-state index contributed by atoms with van der Waals surface area (Å²) in [5.41, 5.74) is 1.43. The third-order valence-corrected chi connectivity index (χ3v) is 6.99. The van der Waals surface area contributed by atoms with Gasteiger partial charge in [-0.3, -0.25) is 9.59 Å². The highest BCUT2D eigenvalue weighted by atomic mass is 79.9. The molecule has 0 radical (unpaired) electrons. The lowest BCUT2D eigenvalue weighted by molar-refractivity contribution is -0.170. The number of amides is 1. The van der Waals surface area contributed by atoms with Crippen LogP contribution in [-0.4, -0.2) is 22.8 Å². The van der Waals surface area contributed by atoms with E-state index in [1.165, 1.54) is 19.3 Å². The molecule has 4 aliphatic carbocycles. The molecule has 4 saturated carbocycles. The first-order chi connectivity index (χ1) is 11.9. The van der Waals surface area contributed by atoms with Gasteiger partial charge in [-0.15, -0.1) is 0 Å². The Labute approximate surface area is 156 Å². The number of alkyl halides is 1. The van der Waals surface area contributed by atoms with Crippen molar-refractivity contribution < 1.29 is 14.3 Å². The van der Waals surface area contributed by atoms with Crippen molar-refractivity contribution in [2.24, 2.45) is 17.3 Å². The van der Waals surface area contributed by atoms with Gasteiger partial charge < -0.3 is 10.1 Å². The smallest absolute Gasteiger partial charge is 0.312 e. The van der Waals surface area contributed by atoms with Crippen LogP contribution < -0.4 is 5.32 Å². The molecule has 2 unspecified atom stereocenters. The lowest BCUT2D eigenvalue weighted by Gasteiger charge is -2.58. The SMILES string of the molecule is Cc1cccc(NC(=O)COC(=O)C23C[C@@H]4C[C@@H](CC(Br)(C4)C2)C3)c1. The van der Waals surface area contributed by atoms with Gasteiger partial charge in [0.25, 0.3) is 5.91 Å². The molecule has 5 rings (SSSR count). The van der Waals surface area contributed by atoms with Gasteiger partial charge in [-0.05, 0) is 75.0 Å². The van der Waals surface area contributed by atoms with Crippen molar-refractivity contribution in [2.45, 2.75) is 49.8 Å². The predicted molar refractivity (Wildman–Crippen MR) is 99.5 cm³/mol. The number of benzene rings is 1. The molecule has 5 heteroatoms. The first-order valence-corrected chi connectivity index (χ1v) is 9.88. The molecule has 1 amide bonds. The van der Waals surface area contributed by atoms with Gasteiger partial charge >= 0.3 is 5.97 Å². The average Bonchev–Trinajstić information content (AvgIpc) is 2.50. The third-order valence-electron chi connectivity index (χ3n) is 6.06. The summed E-state index contributed by atoms with van der Waals surface area (Å²) in [4.78, 5) is 24.9. The van der Waals surface area contributed by atoms with Crippen molar-refractivity contribution in [3.05, 3.63) is 29.8 Å². The van der Waals surface area contributed by atoms with E-state index in [4.69, 9.17) is 4.74 Å². The zero-order valence-corrected chi connectivity index (χ0v) is 16.1. The van der Waals surface area contributed by atoms with Gasteiger partial charge in [-0.2, -0.15) is 0 Å². The van der Waals surface area contributed by atoms with Crippen LogP contribution in [0.2, 0.25) is 0 Å². The van der Waals surface area contributed by atoms with Crippen LogP contribution in [0.4, 0.5) is 5.69 Å². The molecular weight excluding hydrogens is 382 g/mol. The molecule has 4 fully saturated rings. The summed E-state index contributed by atoms with van der Waals surface area (Å²) in [5, 5.41) is 2.79. The Morgan fingerprint density at radius 3 is 2.60 bits per heavy atom. The van der Waals surface area contributed by atoms with Gasteiger partial charge in [0, 0.05) is 10.0 Å². The molecule has 0 saturated heterocycles. The summed E-state index contributed by atoms with van der Waals surface area (Å²) in [7, 11) is 0. The van der Waals surface area contributed by atoms with E-state index in [1.54, 1.807) is 0 Å². The Hall–Kier alpha value is -1.36. The van der Waals surface area contributed by atoms with Gasteiger partial charge in [-0.1, -0.05) is 28.1 Å². The number of hydrogen-bond donors (Lipinski definition) is 1. The number of hydrogen-bond acceptors (Lipinski definition) is 3. The van der Waals surface area contributed by atoms with E-state index in [-0.39, 0.29) is 28.2 Å². The van der Waals surface area contributed by atoms with E-state index in [2.05, 4.69) is 21.2 Å². The zero-order chi connectivity index (χ0) is 17.7. The molecule has 0 heterocycles. The van der Waals surface area contributed by atoms with Crippen LogP contribution in [0, 0.1) is 24.2 Å². The van der Waals surface area contributed by atoms with Crippen LogP contribution in [0.15, 0.2) is 24.3 Å². The van der Waals surface area contributed by atoms with Crippen molar-refractivity contribution >= 4 is 33.5 Å². The summed E-state index contributed by atoms with van der Waals surface area (Å²) in [5.74, 6) is 0.783. The molecule has 1 N–H and O–H groups in total. The second kappa shape index (κ2) is 6.11. The number of aryl methyl sites for hydroxylation is 1. The van der Waals surface area contributed by atoms with E-state index in [0.717, 1.165) is 30.5 Å². The summed E-state index contributed by atoms with van der Waals surface area (Å²) in [6.45, 7) is 1.76. The number of anilines is 1. The lowest BCUT2D eigenvalue weighted by Crippen LogP contribution is -2.56. The second-order valence-electron chi connectivity index (χ2n) is 8.39. The van der Waals surface area contributed by atoms with Crippen LogP contribution in [0.1, 0.15) is 44.1 Å². The maximum Gasteiger partial charge on any atom is 0.312 e. The van der Waals surface area contributed by atoms with E-state index in [0.29, 0.717) is 11.8 Å². The van der Waals surface area contributed by atoms with Gasteiger partial charge in [0.1, 0.15) is 0 Å². The number of nitrogens with one attached hydrogen (secondary N) is 1. The van der Waals surface area contributed by atoms with Crippen LogP contribution in [0.3, 0.4) is 0 Å². The fourth-order valence-electron chi connectivity index (χ4n) is 5.59. The molecule has 134 valence electrons. The van der Waals surface area contributed by atoms with Crippen molar-refractivity contribution in [1.29, 1.82) is 0 Å². The second-order valence-corrected chi connectivity index (χ2v) is 10.1. The molecule has 4 atom stereocenters. The number of esters is 1. The number of halogens is 1. The first kappa shape index (κ1) is 17.1. The largest absolute Gasteiger partial charge is 0.455 e. The highest BCUT2D eigenvalue weighted by Crippen LogP contribution is 2.64. The van der Waals surface area contributed by atoms with Gasteiger partial charge in [0.2, 0.25) is 0 Å². The van der Waals surface area contributed by atoms with E-state index in [9.17, 15) is 9.59 Å². The highest BCUT2D eigenvalue weighted by molar-refractivity contribution is 9.10. The van der Waals surface area contributed by atoms with E-state index < -0.39 is 0 Å². The molecule has 4 nitrogen and oxygen atoms in total. The van der Waals surface area contributed by atoms with Crippen molar-refractivity contribution in [3.63, 3.8) is 0 Å². The molecular formula is C20H24BrNO3. The summed E-state index contributed by atoms with van der Waals surface area (Å²) in [6, 6.07) is 7.59.